The largest absolute Gasteiger partial charge is 0.507 e. The zero-order valence-electron chi connectivity index (χ0n) is 26.1. The SMILES string of the molecule is CCCCC1(CCCC)c2ccc(-c3cccc(N(c4ccccc4)c4cc5ccccc5cn4)c3)nc2-c2c(O)cccc21. The number of nitrogens with zero attached hydrogens (tertiary/aromatic N) is 3. The molecule has 0 saturated carbocycles. The summed E-state index contributed by atoms with van der Waals surface area (Å²) in [6.45, 7) is 4.51. The Morgan fingerprint density at radius 3 is 2.16 bits per heavy atom. The molecule has 1 aliphatic carbocycles. The lowest BCUT2D eigenvalue weighted by Crippen LogP contribution is -2.25. The number of hydrogen-bond acceptors (Lipinski definition) is 4. The minimum Gasteiger partial charge on any atom is -0.507 e. The smallest absolute Gasteiger partial charge is 0.138 e. The summed E-state index contributed by atoms with van der Waals surface area (Å²) in [5.74, 6) is 1.18. The number of unbranched alkanes of at least 4 members (excludes halogenated alkanes) is 2. The Balaban J connectivity index is 1.35. The Bertz CT molecular complexity index is 1960. The Morgan fingerprint density at radius 2 is 1.38 bits per heavy atom. The number of phenolic OH excluding ortho intramolecular Hbond substituents is 1. The van der Waals surface area contributed by atoms with Crippen molar-refractivity contribution >= 4 is 28.0 Å². The van der Waals surface area contributed by atoms with E-state index in [9.17, 15) is 5.11 Å². The van der Waals surface area contributed by atoms with Gasteiger partial charge in [-0.1, -0.05) is 112 Å². The second kappa shape index (κ2) is 12.2. The van der Waals surface area contributed by atoms with Gasteiger partial charge in [-0.3, -0.25) is 4.90 Å². The number of anilines is 3. The van der Waals surface area contributed by atoms with Gasteiger partial charge in [-0.2, -0.15) is 0 Å². The molecule has 0 saturated heterocycles. The predicted octanol–water partition coefficient (Wildman–Crippen LogP) is 11.1. The minimum absolute atomic E-state index is 0.116. The first kappa shape index (κ1) is 28.8. The van der Waals surface area contributed by atoms with Crippen molar-refractivity contribution in [2.24, 2.45) is 0 Å². The predicted molar refractivity (Wildman–Crippen MR) is 187 cm³/mol. The van der Waals surface area contributed by atoms with Crippen LogP contribution in [-0.4, -0.2) is 15.1 Å². The lowest BCUT2D eigenvalue weighted by atomic mass is 9.71. The fraction of sp³-hybridized carbons (Fsp3) is 0.220. The maximum atomic E-state index is 11.2. The number of fused-ring (bicyclic) bond motifs is 4. The van der Waals surface area contributed by atoms with E-state index in [-0.39, 0.29) is 5.41 Å². The molecular weight excluding hydrogens is 550 g/mol. The molecule has 0 fully saturated rings. The molecule has 4 nitrogen and oxygen atoms in total. The number of phenols is 1. The van der Waals surface area contributed by atoms with Crippen LogP contribution < -0.4 is 4.90 Å². The molecule has 2 heterocycles. The van der Waals surface area contributed by atoms with E-state index in [4.69, 9.17) is 9.97 Å². The van der Waals surface area contributed by atoms with Gasteiger partial charge in [-0.25, -0.2) is 9.97 Å². The summed E-state index contributed by atoms with van der Waals surface area (Å²) in [6.07, 6.45) is 8.63. The van der Waals surface area contributed by atoms with Crippen LogP contribution in [0.3, 0.4) is 0 Å². The van der Waals surface area contributed by atoms with Crippen molar-refractivity contribution in [3.05, 3.63) is 133 Å². The van der Waals surface area contributed by atoms with E-state index in [1.54, 1.807) is 0 Å². The van der Waals surface area contributed by atoms with E-state index < -0.39 is 0 Å². The summed E-state index contributed by atoms with van der Waals surface area (Å²) in [7, 11) is 0. The average molecular weight is 590 g/mol. The second-order valence-corrected chi connectivity index (χ2v) is 12.2. The zero-order chi connectivity index (χ0) is 30.8. The summed E-state index contributed by atoms with van der Waals surface area (Å²) in [6, 6.07) is 39.9. The molecule has 1 N–H and O–H groups in total. The molecule has 6 aromatic rings. The quantitative estimate of drug-likeness (QED) is 0.173. The fourth-order valence-corrected chi connectivity index (χ4v) is 7.14. The lowest BCUT2D eigenvalue weighted by Gasteiger charge is -2.32. The third kappa shape index (κ3) is 5.14. The maximum absolute atomic E-state index is 11.2. The van der Waals surface area contributed by atoms with Gasteiger partial charge in [0.2, 0.25) is 0 Å². The van der Waals surface area contributed by atoms with Crippen LogP contribution in [0, 0.1) is 0 Å². The topological polar surface area (TPSA) is 49.2 Å². The van der Waals surface area contributed by atoms with E-state index in [1.807, 2.05) is 30.5 Å². The molecule has 0 aliphatic heterocycles. The summed E-state index contributed by atoms with van der Waals surface area (Å²) >= 11 is 0. The summed E-state index contributed by atoms with van der Waals surface area (Å²) in [5.41, 5.74) is 8.16. The van der Waals surface area contributed by atoms with Crippen molar-refractivity contribution in [1.29, 1.82) is 0 Å². The van der Waals surface area contributed by atoms with Crippen LogP contribution in [0.4, 0.5) is 17.2 Å². The molecule has 7 rings (SSSR count). The number of aromatic hydroxyl groups is 1. The Hall–Kier alpha value is -4.96. The minimum atomic E-state index is -0.116. The zero-order valence-corrected chi connectivity index (χ0v) is 26.1. The van der Waals surface area contributed by atoms with Gasteiger partial charge in [-0.05, 0) is 71.8 Å². The number of para-hydroxylation sites is 1. The fourth-order valence-electron chi connectivity index (χ4n) is 7.14. The monoisotopic (exact) mass is 589 g/mol. The van der Waals surface area contributed by atoms with Gasteiger partial charge in [0.05, 0.1) is 11.4 Å². The van der Waals surface area contributed by atoms with Gasteiger partial charge >= 0.3 is 0 Å². The molecule has 0 amide bonds. The molecule has 0 radical (unpaired) electrons. The molecule has 4 heteroatoms. The van der Waals surface area contributed by atoms with Crippen molar-refractivity contribution in [3.63, 3.8) is 0 Å². The molecular formula is C41H39N3O. The standard InChI is InChI=1S/C41H39N3O/c1-3-5-24-41(25-6-4-2)34-20-13-21-37(45)39(34)40-35(41)22-23-36(43-40)30-16-12-19-33(26-30)44(32-17-8-7-9-18-32)38-27-29-14-10-11-15-31(29)28-42-38/h7-23,26-28,45H,3-6,24-25H2,1-2H3. The Morgan fingerprint density at radius 1 is 0.667 bits per heavy atom. The highest BCUT2D eigenvalue weighted by molar-refractivity contribution is 5.88. The van der Waals surface area contributed by atoms with Gasteiger partial charge in [0.1, 0.15) is 11.6 Å². The van der Waals surface area contributed by atoms with Gasteiger partial charge in [-0.15, -0.1) is 0 Å². The highest BCUT2D eigenvalue weighted by Crippen LogP contribution is 2.56. The Labute approximate surface area is 266 Å². The van der Waals surface area contributed by atoms with Crippen molar-refractivity contribution in [2.75, 3.05) is 4.90 Å². The van der Waals surface area contributed by atoms with Crippen LogP contribution in [0.2, 0.25) is 0 Å². The summed E-state index contributed by atoms with van der Waals surface area (Å²) in [4.78, 5) is 12.4. The first-order chi connectivity index (χ1) is 22.1. The van der Waals surface area contributed by atoms with Crippen LogP contribution in [0.1, 0.15) is 63.5 Å². The van der Waals surface area contributed by atoms with Crippen LogP contribution in [0.15, 0.2) is 121 Å². The van der Waals surface area contributed by atoms with Crippen molar-refractivity contribution in [1.82, 2.24) is 9.97 Å². The van der Waals surface area contributed by atoms with Gasteiger partial charge in [0.25, 0.3) is 0 Å². The van der Waals surface area contributed by atoms with E-state index >= 15 is 0 Å². The van der Waals surface area contributed by atoms with E-state index in [0.717, 1.165) is 89.0 Å². The van der Waals surface area contributed by atoms with Crippen molar-refractivity contribution in [2.45, 2.75) is 57.8 Å². The van der Waals surface area contributed by atoms with Crippen molar-refractivity contribution < 1.29 is 5.11 Å². The first-order valence-corrected chi connectivity index (χ1v) is 16.3. The molecule has 45 heavy (non-hydrogen) atoms. The van der Waals surface area contributed by atoms with Crippen LogP contribution >= 0.6 is 0 Å². The maximum Gasteiger partial charge on any atom is 0.138 e. The first-order valence-electron chi connectivity index (χ1n) is 16.3. The van der Waals surface area contributed by atoms with Gasteiger partial charge in [0, 0.05) is 39.5 Å². The number of rotatable bonds is 10. The number of aromatic nitrogens is 2. The molecule has 0 spiro atoms. The van der Waals surface area contributed by atoms with Gasteiger partial charge in [0.15, 0.2) is 0 Å². The number of pyridine rings is 2. The molecule has 4 aromatic carbocycles. The molecule has 224 valence electrons. The van der Waals surface area contributed by atoms with E-state index in [0.29, 0.717) is 5.75 Å². The molecule has 0 bridgehead atoms. The molecule has 1 aliphatic rings. The van der Waals surface area contributed by atoms with Crippen LogP contribution in [-0.2, 0) is 5.41 Å². The Kier molecular flexibility index (Phi) is 7.81. The summed E-state index contributed by atoms with van der Waals surface area (Å²) < 4.78 is 0. The third-order valence-electron chi connectivity index (χ3n) is 9.38. The summed E-state index contributed by atoms with van der Waals surface area (Å²) in [5, 5.41) is 13.5. The third-order valence-corrected chi connectivity index (χ3v) is 9.38. The highest BCUT2D eigenvalue weighted by Gasteiger charge is 2.44. The normalized spacial score (nSPS) is 13.0. The number of benzene rings is 4. The van der Waals surface area contributed by atoms with Crippen LogP contribution in [0.25, 0.3) is 33.3 Å². The molecule has 2 aromatic heterocycles. The van der Waals surface area contributed by atoms with E-state index in [2.05, 4.69) is 110 Å². The van der Waals surface area contributed by atoms with Gasteiger partial charge < -0.3 is 5.11 Å². The van der Waals surface area contributed by atoms with E-state index in [1.165, 1.54) is 11.1 Å². The lowest BCUT2D eigenvalue weighted by molar-refractivity contribution is 0.412. The molecule has 0 atom stereocenters. The molecule has 0 unspecified atom stereocenters. The van der Waals surface area contributed by atoms with Crippen molar-refractivity contribution in [3.8, 4) is 28.3 Å². The number of hydrogen-bond donors (Lipinski definition) is 1. The van der Waals surface area contributed by atoms with Crippen LogP contribution in [0.5, 0.6) is 5.75 Å². The average Bonchev–Trinajstić information content (AvgIpc) is 3.37. The second-order valence-electron chi connectivity index (χ2n) is 12.2. The highest BCUT2D eigenvalue weighted by atomic mass is 16.3.